The highest BCUT2D eigenvalue weighted by atomic mass is 127. The van der Waals surface area contributed by atoms with Gasteiger partial charge in [0.2, 0.25) is 0 Å². The molecule has 0 heterocycles. The molecule has 0 aliphatic rings. The molecule has 13 heavy (non-hydrogen) atoms. The highest BCUT2D eigenvalue weighted by Gasteiger charge is 1.99. The summed E-state index contributed by atoms with van der Waals surface area (Å²) in [5, 5.41) is 2.56. The third-order valence-electron chi connectivity index (χ3n) is 2.08. The summed E-state index contributed by atoms with van der Waals surface area (Å²) in [7, 11) is 0. The highest BCUT2D eigenvalue weighted by Crippen LogP contribution is 2.27. The predicted molar refractivity (Wildman–Crippen MR) is 67.0 cm³/mol. The van der Waals surface area contributed by atoms with Crippen LogP contribution < -0.4 is 0 Å². The number of hydrogen-bond donors (Lipinski definition) is 0. The van der Waals surface area contributed by atoms with Gasteiger partial charge < -0.3 is 0 Å². The van der Waals surface area contributed by atoms with Gasteiger partial charge in [-0.15, -0.1) is 0 Å². The van der Waals surface area contributed by atoms with Crippen molar-refractivity contribution in [1.82, 2.24) is 0 Å². The van der Waals surface area contributed by atoms with Crippen molar-refractivity contribution < 1.29 is 0 Å². The van der Waals surface area contributed by atoms with Gasteiger partial charge in [0.25, 0.3) is 0 Å². The van der Waals surface area contributed by atoms with Crippen molar-refractivity contribution in [2.45, 2.75) is 0 Å². The molecule has 0 aliphatic heterocycles. The van der Waals surface area contributed by atoms with Crippen molar-refractivity contribution in [3.8, 4) is 0 Å². The molecule has 0 bridgehead atoms. The SMILES string of the molecule is C=C(I)c1cccc2ccccc12. The maximum atomic E-state index is 3.96. The average molecular weight is 280 g/mol. The van der Waals surface area contributed by atoms with E-state index in [0.29, 0.717) is 0 Å². The van der Waals surface area contributed by atoms with Gasteiger partial charge in [0.15, 0.2) is 0 Å². The van der Waals surface area contributed by atoms with Crippen LogP contribution in [0.1, 0.15) is 5.56 Å². The standard InChI is InChI=1S/C12H9I/c1-9(13)11-8-4-6-10-5-2-3-7-12(10)11/h2-8H,1H2. The third-order valence-corrected chi connectivity index (χ3v) is 2.66. The Hall–Kier alpha value is -0.830. The summed E-state index contributed by atoms with van der Waals surface area (Å²) in [6, 6.07) is 14.7. The van der Waals surface area contributed by atoms with E-state index < -0.39 is 0 Å². The first-order valence-corrected chi connectivity index (χ1v) is 5.19. The van der Waals surface area contributed by atoms with Gasteiger partial charge in [0, 0.05) is 3.58 Å². The van der Waals surface area contributed by atoms with E-state index in [1.54, 1.807) is 0 Å². The van der Waals surface area contributed by atoms with Crippen LogP contribution in [0.25, 0.3) is 14.4 Å². The molecule has 0 nitrogen and oxygen atoms in total. The van der Waals surface area contributed by atoms with E-state index in [2.05, 4.69) is 71.6 Å². The summed E-state index contributed by atoms with van der Waals surface area (Å²) in [6.07, 6.45) is 0. The fourth-order valence-corrected chi connectivity index (χ4v) is 1.93. The Bertz CT molecular complexity index is 452. The molecule has 2 rings (SSSR count). The second-order valence-electron chi connectivity index (χ2n) is 2.93. The van der Waals surface area contributed by atoms with Crippen LogP contribution in [0.2, 0.25) is 0 Å². The molecular weight excluding hydrogens is 271 g/mol. The molecule has 2 aromatic carbocycles. The Kier molecular flexibility index (Phi) is 2.36. The van der Waals surface area contributed by atoms with Gasteiger partial charge in [-0.25, -0.2) is 0 Å². The molecule has 0 saturated heterocycles. The molecule has 0 aromatic heterocycles. The lowest BCUT2D eigenvalue weighted by atomic mass is 10.1. The van der Waals surface area contributed by atoms with Crippen LogP contribution >= 0.6 is 22.6 Å². The first kappa shape index (κ1) is 8.75. The van der Waals surface area contributed by atoms with Crippen LogP contribution in [-0.2, 0) is 0 Å². The first-order valence-electron chi connectivity index (χ1n) is 4.11. The molecule has 1 heteroatoms. The molecule has 2 aromatic rings. The van der Waals surface area contributed by atoms with E-state index in [1.165, 1.54) is 16.3 Å². The molecule has 0 saturated carbocycles. The molecule has 64 valence electrons. The van der Waals surface area contributed by atoms with E-state index >= 15 is 0 Å². The molecule has 0 radical (unpaired) electrons. The van der Waals surface area contributed by atoms with Crippen molar-refractivity contribution in [1.29, 1.82) is 0 Å². The molecule has 0 amide bonds. The monoisotopic (exact) mass is 280 g/mol. The predicted octanol–water partition coefficient (Wildman–Crippen LogP) is 4.25. The van der Waals surface area contributed by atoms with E-state index in [1.807, 2.05) is 0 Å². The summed E-state index contributed by atoms with van der Waals surface area (Å²) >= 11 is 2.26. The van der Waals surface area contributed by atoms with Crippen molar-refractivity contribution in [2.24, 2.45) is 0 Å². The van der Waals surface area contributed by atoms with Crippen LogP contribution in [0.3, 0.4) is 0 Å². The number of hydrogen-bond acceptors (Lipinski definition) is 0. The summed E-state index contributed by atoms with van der Waals surface area (Å²) in [4.78, 5) is 0. The van der Waals surface area contributed by atoms with Crippen LogP contribution in [-0.4, -0.2) is 0 Å². The number of halogens is 1. The number of fused-ring (bicyclic) bond motifs is 1. The highest BCUT2D eigenvalue weighted by molar-refractivity contribution is 14.1. The van der Waals surface area contributed by atoms with Crippen LogP contribution in [0.5, 0.6) is 0 Å². The van der Waals surface area contributed by atoms with Crippen molar-refractivity contribution in [3.63, 3.8) is 0 Å². The smallest absolute Gasteiger partial charge is 0.0137 e. The normalized spacial score (nSPS) is 10.2. The number of benzene rings is 2. The summed E-state index contributed by atoms with van der Waals surface area (Å²) < 4.78 is 1.09. The molecule has 0 spiro atoms. The van der Waals surface area contributed by atoms with Crippen molar-refractivity contribution in [3.05, 3.63) is 54.6 Å². The van der Waals surface area contributed by atoms with Gasteiger partial charge in [-0.3, -0.25) is 0 Å². The van der Waals surface area contributed by atoms with Gasteiger partial charge >= 0.3 is 0 Å². The zero-order chi connectivity index (χ0) is 9.26. The zero-order valence-corrected chi connectivity index (χ0v) is 9.28. The zero-order valence-electron chi connectivity index (χ0n) is 7.13. The Labute approximate surface area is 91.4 Å². The summed E-state index contributed by atoms with van der Waals surface area (Å²) in [5.41, 5.74) is 1.23. The van der Waals surface area contributed by atoms with Crippen molar-refractivity contribution >= 4 is 36.9 Å². The second kappa shape index (κ2) is 3.50. The van der Waals surface area contributed by atoms with Gasteiger partial charge in [0.1, 0.15) is 0 Å². The Morgan fingerprint density at radius 3 is 2.46 bits per heavy atom. The Balaban J connectivity index is 2.83. The summed E-state index contributed by atoms with van der Waals surface area (Å²) in [5.74, 6) is 0. The van der Waals surface area contributed by atoms with Gasteiger partial charge in [-0.1, -0.05) is 49.0 Å². The maximum Gasteiger partial charge on any atom is 0.0137 e. The molecule has 0 atom stereocenters. The molecule has 0 unspecified atom stereocenters. The van der Waals surface area contributed by atoms with E-state index in [4.69, 9.17) is 0 Å². The lowest BCUT2D eigenvalue weighted by Gasteiger charge is -2.03. The largest absolute Gasteiger partial charge is 0.0850 e. The average Bonchev–Trinajstić information content (AvgIpc) is 2.17. The Morgan fingerprint density at radius 2 is 1.69 bits per heavy atom. The lowest BCUT2D eigenvalue weighted by Crippen LogP contribution is -1.78. The Morgan fingerprint density at radius 1 is 1.00 bits per heavy atom. The fourth-order valence-electron chi connectivity index (χ4n) is 1.46. The van der Waals surface area contributed by atoms with E-state index in [-0.39, 0.29) is 0 Å². The maximum absolute atomic E-state index is 3.96. The molecular formula is C12H9I. The number of rotatable bonds is 1. The van der Waals surface area contributed by atoms with Crippen molar-refractivity contribution in [2.75, 3.05) is 0 Å². The topological polar surface area (TPSA) is 0 Å². The van der Waals surface area contributed by atoms with Crippen LogP contribution in [0.4, 0.5) is 0 Å². The van der Waals surface area contributed by atoms with Gasteiger partial charge in [0.05, 0.1) is 0 Å². The second-order valence-corrected chi connectivity index (χ2v) is 4.23. The van der Waals surface area contributed by atoms with Gasteiger partial charge in [-0.05, 0) is 38.9 Å². The fraction of sp³-hybridized carbons (Fsp3) is 0. The van der Waals surface area contributed by atoms with Crippen LogP contribution in [0.15, 0.2) is 49.0 Å². The molecule has 0 N–H and O–H groups in total. The molecule has 0 fully saturated rings. The summed E-state index contributed by atoms with van der Waals surface area (Å²) in [6.45, 7) is 3.96. The van der Waals surface area contributed by atoms with E-state index in [0.717, 1.165) is 3.58 Å². The molecule has 0 aliphatic carbocycles. The first-order chi connectivity index (χ1) is 6.29. The van der Waals surface area contributed by atoms with Gasteiger partial charge in [-0.2, -0.15) is 0 Å². The van der Waals surface area contributed by atoms with Crippen LogP contribution in [0, 0.1) is 0 Å². The third kappa shape index (κ3) is 1.61. The quantitative estimate of drug-likeness (QED) is 0.685. The minimum atomic E-state index is 1.09. The minimum Gasteiger partial charge on any atom is -0.0850 e. The lowest BCUT2D eigenvalue weighted by molar-refractivity contribution is 1.71. The van der Waals surface area contributed by atoms with E-state index in [9.17, 15) is 0 Å². The minimum absolute atomic E-state index is 1.09.